The lowest BCUT2D eigenvalue weighted by atomic mass is 9.92. The van der Waals surface area contributed by atoms with Crippen molar-refractivity contribution in [1.29, 1.82) is 0 Å². The quantitative estimate of drug-likeness (QED) is 0.228. The Balaban J connectivity index is 1.77. The minimum Gasteiger partial charge on any atom is -0.617 e. The Kier molecular flexibility index (Phi) is 8.85. The summed E-state index contributed by atoms with van der Waals surface area (Å²) in [6, 6.07) is 22.0. The number of sulfone groups is 2. The zero-order chi connectivity index (χ0) is 28.4. The molecule has 0 aliphatic carbocycles. The first-order valence-electron chi connectivity index (χ1n) is 12.7. The van der Waals surface area contributed by atoms with Gasteiger partial charge >= 0.3 is 0 Å². The third-order valence-electron chi connectivity index (χ3n) is 6.96. The molecule has 4 rings (SSSR count). The van der Waals surface area contributed by atoms with E-state index in [1.807, 2.05) is 36.4 Å². The van der Waals surface area contributed by atoms with E-state index in [0.29, 0.717) is 11.3 Å². The van der Waals surface area contributed by atoms with Crippen molar-refractivity contribution in [2.75, 3.05) is 24.0 Å². The summed E-state index contributed by atoms with van der Waals surface area (Å²) < 4.78 is 62.1. The number of fused-ring (bicyclic) bond motifs is 1. The molecule has 3 unspecified atom stereocenters. The van der Waals surface area contributed by atoms with Gasteiger partial charge in [-0.3, -0.25) is 4.98 Å². The van der Waals surface area contributed by atoms with Crippen LogP contribution in [0.25, 0.3) is 22.0 Å². The molecule has 0 bridgehead atoms. The van der Waals surface area contributed by atoms with E-state index in [2.05, 4.69) is 24.0 Å². The molecule has 9 heteroatoms. The molecule has 0 saturated heterocycles. The van der Waals surface area contributed by atoms with E-state index in [0.717, 1.165) is 39.4 Å². The molecule has 0 radical (unpaired) electrons. The van der Waals surface area contributed by atoms with Crippen molar-refractivity contribution >= 4 is 41.8 Å². The van der Waals surface area contributed by atoms with E-state index in [9.17, 15) is 21.4 Å². The summed E-state index contributed by atoms with van der Waals surface area (Å²) in [5, 5.41) is 0.175. The third-order valence-corrected chi connectivity index (χ3v) is 11.2. The van der Waals surface area contributed by atoms with E-state index in [4.69, 9.17) is 0 Å². The van der Waals surface area contributed by atoms with Crippen LogP contribution in [0.4, 0.5) is 0 Å². The fourth-order valence-corrected chi connectivity index (χ4v) is 7.78. The van der Waals surface area contributed by atoms with Crippen molar-refractivity contribution in [1.82, 2.24) is 4.98 Å². The van der Waals surface area contributed by atoms with Crippen molar-refractivity contribution in [2.24, 2.45) is 0 Å². The van der Waals surface area contributed by atoms with E-state index in [1.54, 1.807) is 31.5 Å². The average Bonchev–Trinajstić information content (AvgIpc) is 2.90. The van der Waals surface area contributed by atoms with Crippen LogP contribution in [-0.2, 0) is 37.3 Å². The number of rotatable bonds is 10. The number of nitrogens with zero attached hydrogens (tertiary/aromatic N) is 1. The predicted molar refractivity (Wildman–Crippen MR) is 160 cm³/mol. The van der Waals surface area contributed by atoms with Crippen molar-refractivity contribution in [3.63, 3.8) is 0 Å². The maximum atomic E-state index is 13.2. The molecule has 1 heterocycles. The van der Waals surface area contributed by atoms with Gasteiger partial charge in [0.05, 0.1) is 21.9 Å². The largest absolute Gasteiger partial charge is 0.617 e. The Morgan fingerprint density at radius 2 is 1.64 bits per heavy atom. The van der Waals surface area contributed by atoms with Crippen molar-refractivity contribution in [2.45, 2.75) is 36.3 Å². The summed E-state index contributed by atoms with van der Waals surface area (Å²) in [6.07, 6.45) is 4.84. The molecular weight excluding hydrogens is 551 g/mol. The predicted octanol–water partition coefficient (Wildman–Crippen LogP) is 5.51. The summed E-state index contributed by atoms with van der Waals surface area (Å²) in [4.78, 5) is 4.79. The van der Waals surface area contributed by atoms with Crippen LogP contribution in [0.2, 0.25) is 0 Å². The molecule has 0 aliphatic heterocycles. The number of pyridine rings is 1. The molecule has 0 saturated carbocycles. The number of aromatic nitrogens is 1. The van der Waals surface area contributed by atoms with Gasteiger partial charge in [-0.25, -0.2) is 16.8 Å². The highest BCUT2D eigenvalue weighted by molar-refractivity contribution is 7.91. The van der Waals surface area contributed by atoms with Crippen LogP contribution in [0.1, 0.15) is 41.7 Å². The SMILES string of the molecule is CCS(=O)(=O)C(Cc1cccc(-c2cc(C(C)C[S+](C)[O-])cc3cccnc23)c1)c1ccc(S(C)(=O)=O)cc1. The van der Waals surface area contributed by atoms with Crippen LogP contribution >= 0.6 is 0 Å². The Morgan fingerprint density at radius 3 is 2.28 bits per heavy atom. The molecule has 39 heavy (non-hydrogen) atoms. The van der Waals surface area contributed by atoms with Gasteiger partial charge in [-0.2, -0.15) is 0 Å². The smallest absolute Gasteiger partial charge is 0.175 e. The molecule has 0 amide bonds. The molecule has 0 spiro atoms. The monoisotopic (exact) mass is 583 g/mol. The second-order valence-corrected chi connectivity index (χ2v) is 15.9. The van der Waals surface area contributed by atoms with E-state index < -0.39 is 36.1 Å². The van der Waals surface area contributed by atoms with Gasteiger partial charge < -0.3 is 4.55 Å². The Bertz CT molecular complexity index is 1680. The van der Waals surface area contributed by atoms with E-state index >= 15 is 0 Å². The lowest BCUT2D eigenvalue weighted by Gasteiger charge is -2.19. The molecule has 1 aromatic heterocycles. The third kappa shape index (κ3) is 6.90. The van der Waals surface area contributed by atoms with Crippen LogP contribution < -0.4 is 0 Å². The van der Waals surface area contributed by atoms with Gasteiger partial charge in [-0.1, -0.05) is 67.5 Å². The topological polar surface area (TPSA) is 104 Å². The zero-order valence-electron chi connectivity index (χ0n) is 22.5. The van der Waals surface area contributed by atoms with Gasteiger partial charge in [-0.05, 0) is 59.0 Å². The van der Waals surface area contributed by atoms with Crippen LogP contribution in [0, 0.1) is 0 Å². The highest BCUT2D eigenvalue weighted by Gasteiger charge is 2.27. The highest BCUT2D eigenvalue weighted by Crippen LogP contribution is 2.34. The molecule has 0 aliphatic rings. The second kappa shape index (κ2) is 11.8. The van der Waals surface area contributed by atoms with Gasteiger partial charge in [0, 0.05) is 35.1 Å². The normalized spacial score (nSPS) is 14.7. The summed E-state index contributed by atoms with van der Waals surface area (Å²) in [5.41, 5.74) is 5.18. The Labute approximate surface area is 234 Å². The maximum absolute atomic E-state index is 13.2. The fourth-order valence-electron chi connectivity index (χ4n) is 4.83. The first-order chi connectivity index (χ1) is 18.4. The maximum Gasteiger partial charge on any atom is 0.175 e. The lowest BCUT2D eigenvalue weighted by molar-refractivity contribution is 0.582. The van der Waals surface area contributed by atoms with Crippen molar-refractivity contribution < 1.29 is 21.4 Å². The van der Waals surface area contributed by atoms with Gasteiger partial charge in [0.1, 0.15) is 5.75 Å². The first-order valence-corrected chi connectivity index (χ1v) is 18.0. The van der Waals surface area contributed by atoms with Crippen molar-refractivity contribution in [3.8, 4) is 11.1 Å². The first kappa shape index (κ1) is 29.3. The van der Waals surface area contributed by atoms with Crippen LogP contribution in [0.5, 0.6) is 0 Å². The Hall–Kier alpha value is -2.72. The number of hydrogen-bond acceptors (Lipinski definition) is 6. The van der Waals surface area contributed by atoms with Gasteiger partial charge in [0.25, 0.3) is 0 Å². The molecule has 3 aromatic carbocycles. The van der Waals surface area contributed by atoms with E-state index in [1.165, 1.54) is 12.1 Å². The van der Waals surface area contributed by atoms with Gasteiger partial charge in [-0.15, -0.1) is 0 Å². The van der Waals surface area contributed by atoms with Crippen LogP contribution in [0.15, 0.2) is 83.9 Å². The summed E-state index contributed by atoms with van der Waals surface area (Å²) >= 11 is -0.932. The molecule has 3 atom stereocenters. The van der Waals surface area contributed by atoms with Gasteiger partial charge in [0.2, 0.25) is 0 Å². The Morgan fingerprint density at radius 1 is 0.923 bits per heavy atom. The minimum atomic E-state index is -3.49. The van der Waals surface area contributed by atoms with E-state index in [-0.39, 0.29) is 23.0 Å². The fraction of sp³-hybridized carbons (Fsp3) is 0.300. The molecular formula is C30H33NO5S3. The molecule has 0 fully saturated rings. The van der Waals surface area contributed by atoms with Crippen LogP contribution in [0.3, 0.4) is 0 Å². The summed E-state index contributed by atoms with van der Waals surface area (Å²) in [7, 11) is -6.88. The standard InChI is InChI=1S/C30H33NO5S3/c1-5-39(35,36)29(23-11-13-27(14-12-23)38(4,33)34)17-22-8-6-9-24(16-22)28-19-26(21(2)20-37(3)32)18-25-10-7-15-31-30(25)28/h6-16,18-19,21,29H,5,17,20H2,1-4H3. The minimum absolute atomic E-state index is 0.0293. The summed E-state index contributed by atoms with van der Waals surface area (Å²) in [5.74, 6) is 0.620. The number of hydrogen-bond donors (Lipinski definition) is 0. The lowest BCUT2D eigenvalue weighted by Crippen LogP contribution is -2.18. The van der Waals surface area contributed by atoms with Crippen molar-refractivity contribution in [3.05, 3.63) is 95.7 Å². The summed E-state index contributed by atoms with van der Waals surface area (Å²) in [6.45, 7) is 3.69. The highest BCUT2D eigenvalue weighted by atomic mass is 32.2. The molecule has 6 nitrogen and oxygen atoms in total. The average molecular weight is 584 g/mol. The molecule has 206 valence electrons. The molecule has 4 aromatic rings. The van der Waals surface area contributed by atoms with Gasteiger partial charge in [0.15, 0.2) is 19.7 Å². The second-order valence-electron chi connectivity index (χ2n) is 9.97. The molecule has 0 N–H and O–H groups in total. The number of benzene rings is 3. The zero-order valence-corrected chi connectivity index (χ0v) is 24.9. The van der Waals surface area contributed by atoms with Crippen LogP contribution in [-0.4, -0.2) is 50.4 Å².